The maximum absolute atomic E-state index is 12.9. The molecule has 1 saturated heterocycles. The molecule has 0 radical (unpaired) electrons. The maximum Gasteiger partial charge on any atom is 0.326 e. The summed E-state index contributed by atoms with van der Waals surface area (Å²) in [4.78, 5) is 25.4. The van der Waals surface area contributed by atoms with E-state index in [0.29, 0.717) is 24.5 Å². The minimum Gasteiger partial charge on any atom is -0.486 e. The van der Waals surface area contributed by atoms with Crippen LogP contribution < -0.4 is 4.74 Å². The van der Waals surface area contributed by atoms with Gasteiger partial charge in [0.15, 0.2) is 5.76 Å². The number of piperidine rings is 1. The summed E-state index contributed by atoms with van der Waals surface area (Å²) in [5, 5.41) is 9.39. The highest BCUT2D eigenvalue weighted by molar-refractivity contribution is 5.94. The van der Waals surface area contributed by atoms with E-state index < -0.39 is 17.9 Å². The first kappa shape index (κ1) is 18.0. The van der Waals surface area contributed by atoms with Crippen LogP contribution in [0.5, 0.6) is 5.75 Å². The molecule has 1 amide bonds. The summed E-state index contributed by atoms with van der Waals surface area (Å²) in [6.45, 7) is 2.45. The van der Waals surface area contributed by atoms with Gasteiger partial charge in [0.1, 0.15) is 30.0 Å². The van der Waals surface area contributed by atoms with Gasteiger partial charge in [-0.15, -0.1) is 0 Å². The van der Waals surface area contributed by atoms with E-state index in [0.717, 1.165) is 6.42 Å². The second-order valence-corrected chi connectivity index (χ2v) is 6.49. The van der Waals surface area contributed by atoms with Gasteiger partial charge < -0.3 is 19.2 Å². The van der Waals surface area contributed by atoms with Crippen molar-refractivity contribution in [2.45, 2.75) is 32.4 Å². The average molecular weight is 361 g/mol. The number of carbonyl (C=O) groups excluding carboxylic acids is 1. The fourth-order valence-corrected chi connectivity index (χ4v) is 3.02. The third-order valence-corrected chi connectivity index (χ3v) is 4.48. The van der Waals surface area contributed by atoms with Crippen LogP contribution in [0.4, 0.5) is 4.39 Å². The number of ether oxygens (including phenoxy) is 1. The van der Waals surface area contributed by atoms with Crippen LogP contribution >= 0.6 is 0 Å². The molecule has 1 fully saturated rings. The number of hydrogen-bond acceptors (Lipinski definition) is 4. The van der Waals surface area contributed by atoms with Crippen LogP contribution in [0.2, 0.25) is 0 Å². The standard InChI is InChI=1S/C19H20FNO5/c1-12-8-9-21(16(10-12)19(23)24)18(22)17-7-6-15(26-17)11-25-14-4-2-13(20)3-5-14/h2-7,12,16H,8-11H2,1H3,(H,23,24). The highest BCUT2D eigenvalue weighted by Crippen LogP contribution is 2.25. The fourth-order valence-electron chi connectivity index (χ4n) is 3.02. The van der Waals surface area contributed by atoms with Crippen molar-refractivity contribution < 1.29 is 28.2 Å². The third kappa shape index (κ3) is 4.04. The number of furan rings is 1. The van der Waals surface area contributed by atoms with Gasteiger partial charge in [-0.2, -0.15) is 0 Å². The lowest BCUT2D eigenvalue weighted by Gasteiger charge is -2.35. The van der Waals surface area contributed by atoms with Gasteiger partial charge >= 0.3 is 5.97 Å². The molecular formula is C19H20FNO5. The minimum absolute atomic E-state index is 0.0817. The summed E-state index contributed by atoms with van der Waals surface area (Å²) in [5.74, 6) is -0.540. The molecule has 2 atom stereocenters. The molecule has 26 heavy (non-hydrogen) atoms. The molecule has 0 saturated carbocycles. The Labute approximate surface area is 150 Å². The van der Waals surface area contributed by atoms with Crippen LogP contribution in [0.1, 0.15) is 36.1 Å². The Hall–Kier alpha value is -2.83. The molecule has 7 heteroatoms. The Morgan fingerprint density at radius 3 is 2.69 bits per heavy atom. The summed E-state index contributed by atoms with van der Waals surface area (Å²) in [7, 11) is 0. The second-order valence-electron chi connectivity index (χ2n) is 6.49. The summed E-state index contributed by atoms with van der Waals surface area (Å²) in [5.41, 5.74) is 0. The molecule has 138 valence electrons. The zero-order valence-electron chi connectivity index (χ0n) is 14.4. The Kier molecular flexibility index (Phi) is 5.25. The first-order valence-electron chi connectivity index (χ1n) is 8.45. The average Bonchev–Trinajstić information content (AvgIpc) is 3.09. The van der Waals surface area contributed by atoms with E-state index in [1.54, 1.807) is 6.07 Å². The van der Waals surface area contributed by atoms with E-state index in [9.17, 15) is 19.1 Å². The van der Waals surface area contributed by atoms with Crippen LogP contribution in [0, 0.1) is 11.7 Å². The normalized spacial score (nSPS) is 20.0. The molecule has 6 nitrogen and oxygen atoms in total. The largest absolute Gasteiger partial charge is 0.486 e. The van der Waals surface area contributed by atoms with E-state index in [1.165, 1.54) is 35.2 Å². The van der Waals surface area contributed by atoms with E-state index in [2.05, 4.69) is 0 Å². The molecule has 2 unspecified atom stereocenters. The van der Waals surface area contributed by atoms with Gasteiger partial charge in [0.2, 0.25) is 0 Å². The van der Waals surface area contributed by atoms with Crippen LogP contribution in [-0.2, 0) is 11.4 Å². The summed E-state index contributed by atoms with van der Waals surface area (Å²) >= 11 is 0. The number of likely N-dealkylation sites (tertiary alicyclic amines) is 1. The van der Waals surface area contributed by atoms with Gasteiger partial charge in [-0.05, 0) is 55.2 Å². The summed E-state index contributed by atoms with van der Waals surface area (Å²) < 4.78 is 23.9. The van der Waals surface area contributed by atoms with Crippen LogP contribution in [0.25, 0.3) is 0 Å². The number of carboxylic acid groups (broad SMARTS) is 1. The molecule has 3 rings (SSSR count). The smallest absolute Gasteiger partial charge is 0.326 e. The lowest BCUT2D eigenvalue weighted by atomic mass is 9.92. The van der Waals surface area contributed by atoms with Gasteiger partial charge in [-0.3, -0.25) is 4.79 Å². The fraction of sp³-hybridized carbons (Fsp3) is 0.368. The van der Waals surface area contributed by atoms with Gasteiger partial charge in [0.05, 0.1) is 0 Å². The quantitative estimate of drug-likeness (QED) is 0.884. The van der Waals surface area contributed by atoms with Crippen LogP contribution in [0.15, 0.2) is 40.8 Å². The van der Waals surface area contributed by atoms with E-state index in [1.807, 2.05) is 6.92 Å². The van der Waals surface area contributed by atoms with Gasteiger partial charge in [-0.25, -0.2) is 9.18 Å². The SMILES string of the molecule is CC1CCN(C(=O)c2ccc(COc3ccc(F)cc3)o2)C(C(=O)O)C1. The molecule has 0 spiro atoms. The Morgan fingerprint density at radius 2 is 2.00 bits per heavy atom. The molecule has 0 aliphatic carbocycles. The van der Waals surface area contributed by atoms with E-state index in [4.69, 9.17) is 9.15 Å². The van der Waals surface area contributed by atoms with Crippen molar-refractivity contribution in [1.82, 2.24) is 4.90 Å². The number of hydrogen-bond donors (Lipinski definition) is 1. The Bertz CT molecular complexity index is 785. The zero-order chi connectivity index (χ0) is 18.7. The summed E-state index contributed by atoms with van der Waals surface area (Å²) in [6.07, 6.45) is 1.19. The molecule has 0 bridgehead atoms. The Morgan fingerprint density at radius 1 is 1.27 bits per heavy atom. The zero-order valence-corrected chi connectivity index (χ0v) is 14.4. The van der Waals surface area contributed by atoms with Gasteiger partial charge in [0.25, 0.3) is 5.91 Å². The van der Waals surface area contributed by atoms with Crippen molar-refractivity contribution in [3.63, 3.8) is 0 Å². The third-order valence-electron chi connectivity index (χ3n) is 4.48. The summed E-state index contributed by atoms with van der Waals surface area (Å²) in [6, 6.07) is 7.86. The van der Waals surface area contributed by atoms with E-state index in [-0.39, 0.29) is 24.1 Å². The number of halogens is 1. The van der Waals surface area contributed by atoms with Crippen molar-refractivity contribution in [3.8, 4) is 5.75 Å². The number of rotatable bonds is 5. The maximum atomic E-state index is 12.9. The van der Waals surface area contributed by atoms with Crippen molar-refractivity contribution in [2.75, 3.05) is 6.54 Å². The second kappa shape index (κ2) is 7.59. The topological polar surface area (TPSA) is 80.0 Å². The molecule has 1 aromatic heterocycles. The molecule has 1 aliphatic heterocycles. The number of aliphatic carboxylic acids is 1. The van der Waals surface area contributed by atoms with Gasteiger partial charge in [0, 0.05) is 6.54 Å². The van der Waals surface area contributed by atoms with Crippen LogP contribution in [-0.4, -0.2) is 34.5 Å². The molecular weight excluding hydrogens is 341 g/mol. The number of carboxylic acids is 1. The highest BCUT2D eigenvalue weighted by atomic mass is 19.1. The van der Waals surface area contributed by atoms with Crippen molar-refractivity contribution >= 4 is 11.9 Å². The van der Waals surface area contributed by atoms with Crippen LogP contribution in [0.3, 0.4) is 0 Å². The van der Waals surface area contributed by atoms with Crippen molar-refractivity contribution in [3.05, 3.63) is 53.7 Å². The van der Waals surface area contributed by atoms with Crippen molar-refractivity contribution in [2.24, 2.45) is 5.92 Å². The van der Waals surface area contributed by atoms with E-state index >= 15 is 0 Å². The first-order chi connectivity index (χ1) is 12.4. The van der Waals surface area contributed by atoms with Gasteiger partial charge in [-0.1, -0.05) is 6.92 Å². The monoisotopic (exact) mass is 361 g/mol. The molecule has 2 heterocycles. The lowest BCUT2D eigenvalue weighted by Crippen LogP contribution is -2.49. The minimum atomic E-state index is -1.00. The number of carbonyl (C=O) groups is 2. The molecule has 2 aromatic rings. The molecule has 1 aromatic carbocycles. The highest BCUT2D eigenvalue weighted by Gasteiger charge is 2.36. The first-order valence-corrected chi connectivity index (χ1v) is 8.45. The lowest BCUT2D eigenvalue weighted by molar-refractivity contribution is -0.144. The number of amides is 1. The number of nitrogens with zero attached hydrogens (tertiary/aromatic N) is 1. The molecule has 1 aliphatic rings. The van der Waals surface area contributed by atoms with Crippen molar-refractivity contribution in [1.29, 1.82) is 0 Å². The predicted molar refractivity (Wildman–Crippen MR) is 90.3 cm³/mol. The molecule has 1 N–H and O–H groups in total. The predicted octanol–water partition coefficient (Wildman–Crippen LogP) is 3.32. The number of benzene rings is 1. The Balaban J connectivity index is 1.65.